The van der Waals surface area contributed by atoms with Gasteiger partial charge in [0, 0.05) is 25.0 Å². The van der Waals surface area contributed by atoms with Crippen molar-refractivity contribution in [3.8, 4) is 5.75 Å². The lowest BCUT2D eigenvalue weighted by molar-refractivity contribution is -0.136. The average Bonchev–Trinajstić information content (AvgIpc) is 3.26. The molecule has 0 radical (unpaired) electrons. The number of methoxy groups -OCH3 is 2. The van der Waals surface area contributed by atoms with Crippen LogP contribution in [0.5, 0.6) is 5.75 Å². The molecule has 0 unspecified atom stereocenters. The Hall–Kier alpha value is -2.56. The first-order valence-corrected chi connectivity index (χ1v) is 14.0. The van der Waals surface area contributed by atoms with Gasteiger partial charge in [0.05, 0.1) is 26.1 Å². The largest absolute Gasteiger partial charge is 0.497 e. The van der Waals surface area contributed by atoms with E-state index in [-0.39, 0.29) is 5.97 Å². The molecule has 5 nitrogen and oxygen atoms in total. The minimum absolute atomic E-state index is 0.283. The van der Waals surface area contributed by atoms with Gasteiger partial charge in [0.25, 0.3) is 0 Å². The van der Waals surface area contributed by atoms with Crippen molar-refractivity contribution in [3.05, 3.63) is 53.1 Å². The molecule has 1 aromatic heterocycles. The average molecular weight is 491 g/mol. The number of carbonyl (C=O) groups is 1. The van der Waals surface area contributed by atoms with Crippen LogP contribution >= 0.6 is 0 Å². The zero-order chi connectivity index (χ0) is 25.1. The summed E-state index contributed by atoms with van der Waals surface area (Å²) in [6.07, 6.45) is 17.7. The number of hydrogen-bond acceptors (Lipinski definition) is 4. The van der Waals surface area contributed by atoms with E-state index in [0.717, 1.165) is 66.4 Å². The number of ether oxygens (including phenoxy) is 2. The molecule has 0 spiro atoms. The van der Waals surface area contributed by atoms with E-state index in [2.05, 4.69) is 11.5 Å². The summed E-state index contributed by atoms with van der Waals surface area (Å²) in [6.45, 7) is 3.22. The van der Waals surface area contributed by atoms with Crippen LogP contribution in [0.4, 0.5) is 0 Å². The molecule has 0 saturated heterocycles. The van der Waals surface area contributed by atoms with E-state index >= 15 is 0 Å². The van der Waals surface area contributed by atoms with Crippen molar-refractivity contribution in [2.45, 2.75) is 84.1 Å². The molecule has 4 aliphatic rings. The van der Waals surface area contributed by atoms with Crippen LogP contribution < -0.4 is 4.74 Å². The molecular weight excluding hydrogens is 448 g/mol. The molecule has 4 bridgehead atoms. The second-order valence-electron chi connectivity index (χ2n) is 11.7. The van der Waals surface area contributed by atoms with Crippen LogP contribution in [-0.4, -0.2) is 29.7 Å². The molecule has 1 aromatic carbocycles. The van der Waals surface area contributed by atoms with Gasteiger partial charge in [-0.25, -0.2) is 9.78 Å². The summed E-state index contributed by atoms with van der Waals surface area (Å²) in [5.74, 6) is 4.58. The van der Waals surface area contributed by atoms with E-state index in [1.807, 2.05) is 36.5 Å². The first-order valence-electron chi connectivity index (χ1n) is 14.0. The minimum Gasteiger partial charge on any atom is -0.497 e. The van der Waals surface area contributed by atoms with Crippen LogP contribution in [0.25, 0.3) is 6.08 Å². The molecule has 0 N–H and O–H groups in total. The Bertz CT molecular complexity index is 1050. The van der Waals surface area contributed by atoms with Crippen molar-refractivity contribution < 1.29 is 14.3 Å². The number of nitrogens with zero attached hydrogens (tertiary/aromatic N) is 2. The van der Waals surface area contributed by atoms with E-state index < -0.39 is 0 Å². The molecule has 36 heavy (non-hydrogen) atoms. The van der Waals surface area contributed by atoms with Gasteiger partial charge in [-0.05, 0) is 98.3 Å². The zero-order valence-electron chi connectivity index (χ0n) is 22.3. The van der Waals surface area contributed by atoms with Crippen LogP contribution in [-0.2, 0) is 28.9 Å². The number of imidazole rings is 1. The number of hydrogen-bond donors (Lipinski definition) is 0. The maximum absolute atomic E-state index is 12.8. The molecule has 194 valence electrons. The Labute approximate surface area is 216 Å². The first-order chi connectivity index (χ1) is 17.5. The van der Waals surface area contributed by atoms with Crippen molar-refractivity contribution in [1.82, 2.24) is 9.55 Å². The molecule has 4 aliphatic carbocycles. The highest BCUT2D eigenvalue weighted by molar-refractivity contribution is 5.93. The number of rotatable bonds is 11. The fourth-order valence-electron chi connectivity index (χ4n) is 7.74. The molecule has 0 aliphatic heterocycles. The summed E-state index contributed by atoms with van der Waals surface area (Å²) in [5.41, 5.74) is 3.26. The van der Waals surface area contributed by atoms with Gasteiger partial charge >= 0.3 is 5.97 Å². The van der Waals surface area contributed by atoms with Gasteiger partial charge in [0.15, 0.2) is 0 Å². The summed E-state index contributed by atoms with van der Waals surface area (Å²) < 4.78 is 12.9. The maximum atomic E-state index is 12.8. The monoisotopic (exact) mass is 490 g/mol. The van der Waals surface area contributed by atoms with Gasteiger partial charge in [-0.3, -0.25) is 0 Å². The van der Waals surface area contributed by atoms with Gasteiger partial charge < -0.3 is 14.0 Å². The Morgan fingerprint density at radius 3 is 2.33 bits per heavy atom. The standard InChI is InChI=1S/C31H42N2O3/c1-4-5-6-29-32-21-27(17-26(30(34)36-3)16-22-7-9-28(35-2)10-8-22)33(29)12-11-31-18-23-13-24(19-31)15-25(14-23)20-31/h7-10,17,21,23-25H,4-6,11-16,18-20H2,1-3H3/b26-17+. The van der Waals surface area contributed by atoms with Crippen molar-refractivity contribution in [2.24, 2.45) is 23.2 Å². The Morgan fingerprint density at radius 1 is 1.08 bits per heavy atom. The SMILES string of the molecule is CCCCc1ncc(/C=C(\Cc2ccc(OC)cc2)C(=O)OC)n1CCC12CC3CC(CC(C3)C1)C2. The molecule has 5 heteroatoms. The summed E-state index contributed by atoms with van der Waals surface area (Å²) in [4.78, 5) is 17.6. The van der Waals surface area contributed by atoms with Gasteiger partial charge in [0.1, 0.15) is 11.6 Å². The topological polar surface area (TPSA) is 53.4 Å². The summed E-state index contributed by atoms with van der Waals surface area (Å²) in [7, 11) is 3.12. The number of unbranched alkanes of at least 4 members (excludes halogenated alkanes) is 1. The number of benzene rings is 1. The van der Waals surface area contributed by atoms with Crippen LogP contribution in [0.3, 0.4) is 0 Å². The van der Waals surface area contributed by atoms with E-state index in [0.29, 0.717) is 17.4 Å². The second-order valence-corrected chi connectivity index (χ2v) is 11.7. The smallest absolute Gasteiger partial charge is 0.334 e. The maximum Gasteiger partial charge on any atom is 0.334 e. The highest BCUT2D eigenvalue weighted by Gasteiger charge is 2.50. The second kappa shape index (κ2) is 10.8. The van der Waals surface area contributed by atoms with Crippen molar-refractivity contribution in [2.75, 3.05) is 14.2 Å². The molecule has 1 heterocycles. The number of aromatic nitrogens is 2. The molecule has 4 fully saturated rings. The van der Waals surface area contributed by atoms with Crippen LogP contribution in [0.2, 0.25) is 0 Å². The fraction of sp³-hybridized carbons (Fsp3) is 0.613. The van der Waals surface area contributed by atoms with E-state index in [9.17, 15) is 4.79 Å². The Morgan fingerprint density at radius 2 is 1.75 bits per heavy atom. The van der Waals surface area contributed by atoms with E-state index in [1.165, 1.54) is 52.1 Å². The summed E-state index contributed by atoms with van der Waals surface area (Å²) in [5, 5.41) is 0. The van der Waals surface area contributed by atoms with Crippen LogP contribution in [0.1, 0.15) is 81.8 Å². The summed E-state index contributed by atoms with van der Waals surface area (Å²) >= 11 is 0. The lowest BCUT2D eigenvalue weighted by Gasteiger charge is -2.57. The fourth-order valence-corrected chi connectivity index (χ4v) is 7.74. The highest BCUT2D eigenvalue weighted by atomic mass is 16.5. The summed E-state index contributed by atoms with van der Waals surface area (Å²) in [6, 6.07) is 7.88. The first kappa shape index (κ1) is 25.1. The third kappa shape index (κ3) is 5.40. The molecule has 0 amide bonds. The molecule has 4 saturated carbocycles. The molecular formula is C31H42N2O3. The predicted octanol–water partition coefficient (Wildman–Crippen LogP) is 6.64. The van der Waals surface area contributed by atoms with Gasteiger partial charge in [-0.2, -0.15) is 0 Å². The van der Waals surface area contributed by atoms with Crippen LogP contribution in [0, 0.1) is 23.2 Å². The third-order valence-electron chi connectivity index (χ3n) is 9.08. The lowest BCUT2D eigenvalue weighted by Crippen LogP contribution is -2.46. The molecule has 2 aromatic rings. The van der Waals surface area contributed by atoms with Gasteiger partial charge in [-0.1, -0.05) is 25.5 Å². The van der Waals surface area contributed by atoms with Crippen LogP contribution in [0.15, 0.2) is 36.0 Å². The molecule has 6 rings (SSSR count). The quantitative estimate of drug-likeness (QED) is 0.262. The minimum atomic E-state index is -0.283. The highest BCUT2D eigenvalue weighted by Crippen LogP contribution is 2.61. The zero-order valence-corrected chi connectivity index (χ0v) is 22.3. The number of aryl methyl sites for hydroxylation is 1. The van der Waals surface area contributed by atoms with E-state index in [1.54, 1.807) is 7.11 Å². The normalized spacial score (nSPS) is 26.9. The van der Waals surface area contributed by atoms with Gasteiger partial charge in [-0.15, -0.1) is 0 Å². The number of esters is 1. The van der Waals surface area contributed by atoms with Crippen molar-refractivity contribution in [3.63, 3.8) is 0 Å². The van der Waals surface area contributed by atoms with Gasteiger partial charge in [0.2, 0.25) is 0 Å². The Kier molecular flexibility index (Phi) is 7.55. The van der Waals surface area contributed by atoms with E-state index in [4.69, 9.17) is 14.5 Å². The van der Waals surface area contributed by atoms with Crippen molar-refractivity contribution in [1.29, 1.82) is 0 Å². The molecule has 0 atom stereocenters. The predicted molar refractivity (Wildman–Crippen MR) is 143 cm³/mol. The van der Waals surface area contributed by atoms with Crippen molar-refractivity contribution >= 4 is 12.0 Å². The Balaban J connectivity index is 1.40. The lowest BCUT2D eigenvalue weighted by atomic mass is 9.49. The number of carbonyl (C=O) groups excluding carboxylic acids is 1. The third-order valence-corrected chi connectivity index (χ3v) is 9.08.